The number of rotatable bonds is 4. The SMILES string of the molecule is Cc1cc(N2CCC(c3ccccc3)C2)c2cc(NC(=O)c3cnccn3)ccc2n1.Cl. The van der Waals surface area contributed by atoms with Gasteiger partial charge in [-0.3, -0.25) is 14.8 Å². The van der Waals surface area contributed by atoms with Crippen LogP contribution in [0.1, 0.15) is 34.1 Å². The Morgan fingerprint density at radius 2 is 1.94 bits per heavy atom. The summed E-state index contributed by atoms with van der Waals surface area (Å²) in [6.07, 6.45) is 5.64. The molecule has 0 radical (unpaired) electrons. The Morgan fingerprint density at radius 1 is 1.09 bits per heavy atom. The van der Waals surface area contributed by atoms with Crippen LogP contribution in [-0.4, -0.2) is 33.9 Å². The first-order valence-electron chi connectivity index (χ1n) is 10.5. The molecule has 0 bridgehead atoms. The number of halogens is 1. The molecular weight excluding hydrogens is 422 g/mol. The lowest BCUT2D eigenvalue weighted by Crippen LogP contribution is -2.20. The van der Waals surface area contributed by atoms with Gasteiger partial charge in [0.15, 0.2) is 0 Å². The lowest BCUT2D eigenvalue weighted by atomic mass is 9.99. The van der Waals surface area contributed by atoms with Crippen molar-refractivity contribution in [3.63, 3.8) is 0 Å². The number of nitrogens with zero attached hydrogens (tertiary/aromatic N) is 4. The molecule has 1 N–H and O–H groups in total. The topological polar surface area (TPSA) is 71.0 Å². The zero-order valence-electron chi connectivity index (χ0n) is 17.7. The molecule has 162 valence electrons. The molecule has 7 heteroatoms. The Hall–Kier alpha value is -3.51. The fraction of sp³-hybridized carbons (Fsp3) is 0.200. The van der Waals surface area contributed by atoms with Crippen LogP contribution in [0.25, 0.3) is 10.9 Å². The van der Waals surface area contributed by atoms with E-state index in [0.717, 1.165) is 41.8 Å². The van der Waals surface area contributed by atoms with Gasteiger partial charge in [0.05, 0.1) is 11.7 Å². The van der Waals surface area contributed by atoms with E-state index in [1.165, 1.54) is 18.0 Å². The second-order valence-electron chi connectivity index (χ2n) is 7.90. The molecule has 3 heterocycles. The lowest BCUT2D eigenvalue weighted by molar-refractivity contribution is 0.102. The van der Waals surface area contributed by atoms with Crippen LogP contribution in [-0.2, 0) is 0 Å². The Kier molecular flexibility index (Phi) is 6.32. The number of fused-ring (bicyclic) bond motifs is 1. The van der Waals surface area contributed by atoms with Crippen molar-refractivity contribution in [2.45, 2.75) is 19.3 Å². The van der Waals surface area contributed by atoms with Crippen molar-refractivity contribution < 1.29 is 4.79 Å². The quantitative estimate of drug-likeness (QED) is 0.478. The number of pyridine rings is 1. The molecule has 32 heavy (non-hydrogen) atoms. The van der Waals surface area contributed by atoms with E-state index < -0.39 is 0 Å². The fourth-order valence-corrected chi connectivity index (χ4v) is 4.26. The smallest absolute Gasteiger partial charge is 0.275 e. The first kappa shape index (κ1) is 21.7. The average Bonchev–Trinajstić information content (AvgIpc) is 3.30. The predicted octanol–water partition coefficient (Wildman–Crippen LogP) is 5.00. The summed E-state index contributed by atoms with van der Waals surface area (Å²) < 4.78 is 0. The maximum absolute atomic E-state index is 12.5. The Labute approximate surface area is 193 Å². The molecular formula is C25H24ClN5O. The highest BCUT2D eigenvalue weighted by atomic mass is 35.5. The van der Waals surface area contributed by atoms with Crippen molar-refractivity contribution in [3.05, 3.63) is 90.1 Å². The second-order valence-corrected chi connectivity index (χ2v) is 7.90. The molecule has 1 unspecified atom stereocenters. The molecule has 1 amide bonds. The van der Waals surface area contributed by atoms with Crippen molar-refractivity contribution in [1.29, 1.82) is 0 Å². The van der Waals surface area contributed by atoms with E-state index in [0.29, 0.717) is 11.6 Å². The van der Waals surface area contributed by atoms with Crippen molar-refractivity contribution in [1.82, 2.24) is 15.0 Å². The third kappa shape index (κ3) is 4.41. The predicted molar refractivity (Wildman–Crippen MR) is 130 cm³/mol. The van der Waals surface area contributed by atoms with Gasteiger partial charge in [0.1, 0.15) is 5.69 Å². The summed E-state index contributed by atoms with van der Waals surface area (Å²) in [7, 11) is 0. The molecule has 1 aliphatic heterocycles. The third-order valence-corrected chi connectivity index (χ3v) is 5.77. The molecule has 1 aliphatic rings. The normalized spacial score (nSPS) is 15.4. The highest BCUT2D eigenvalue weighted by molar-refractivity contribution is 6.04. The van der Waals surface area contributed by atoms with E-state index >= 15 is 0 Å². The first-order chi connectivity index (χ1) is 15.2. The maximum Gasteiger partial charge on any atom is 0.275 e. The number of aryl methyl sites for hydroxylation is 1. The number of hydrogen-bond donors (Lipinski definition) is 1. The number of carbonyl (C=O) groups excluding carboxylic acids is 1. The molecule has 1 atom stereocenters. The van der Waals surface area contributed by atoms with Gasteiger partial charge in [0.25, 0.3) is 5.91 Å². The first-order valence-corrected chi connectivity index (χ1v) is 10.5. The molecule has 0 saturated carbocycles. The number of anilines is 2. The van der Waals surface area contributed by atoms with Crippen LogP contribution in [0, 0.1) is 6.92 Å². The molecule has 1 fully saturated rings. The summed E-state index contributed by atoms with van der Waals surface area (Å²) in [4.78, 5) is 27.7. The van der Waals surface area contributed by atoms with Crippen LogP contribution < -0.4 is 10.2 Å². The van der Waals surface area contributed by atoms with E-state index in [9.17, 15) is 4.79 Å². The van der Waals surface area contributed by atoms with E-state index in [1.54, 1.807) is 6.20 Å². The minimum atomic E-state index is -0.278. The van der Waals surface area contributed by atoms with Crippen LogP contribution in [0.3, 0.4) is 0 Å². The van der Waals surface area contributed by atoms with Crippen LogP contribution in [0.15, 0.2) is 73.2 Å². The van der Waals surface area contributed by atoms with E-state index in [1.807, 2.05) is 25.1 Å². The lowest BCUT2D eigenvalue weighted by Gasteiger charge is -2.22. The zero-order valence-corrected chi connectivity index (χ0v) is 18.5. The van der Waals surface area contributed by atoms with Gasteiger partial charge in [-0.1, -0.05) is 30.3 Å². The van der Waals surface area contributed by atoms with Gasteiger partial charge in [-0.25, -0.2) is 4.98 Å². The fourth-order valence-electron chi connectivity index (χ4n) is 4.26. The van der Waals surface area contributed by atoms with Gasteiger partial charge >= 0.3 is 0 Å². The third-order valence-electron chi connectivity index (χ3n) is 5.77. The van der Waals surface area contributed by atoms with Crippen molar-refractivity contribution in [2.24, 2.45) is 0 Å². The molecule has 6 nitrogen and oxygen atoms in total. The monoisotopic (exact) mass is 445 g/mol. The van der Waals surface area contributed by atoms with E-state index in [2.05, 4.69) is 56.6 Å². The van der Waals surface area contributed by atoms with Crippen LogP contribution in [0.4, 0.5) is 11.4 Å². The molecule has 0 spiro atoms. The van der Waals surface area contributed by atoms with Crippen LogP contribution in [0.2, 0.25) is 0 Å². The zero-order chi connectivity index (χ0) is 21.2. The summed E-state index contributed by atoms with van der Waals surface area (Å²) >= 11 is 0. The van der Waals surface area contributed by atoms with Gasteiger partial charge in [-0.15, -0.1) is 12.4 Å². The Morgan fingerprint density at radius 3 is 2.72 bits per heavy atom. The summed E-state index contributed by atoms with van der Waals surface area (Å²) in [5.74, 6) is 0.239. The number of amides is 1. The van der Waals surface area contributed by atoms with Gasteiger partial charge in [0, 0.05) is 53.9 Å². The largest absolute Gasteiger partial charge is 0.370 e. The number of aromatic nitrogens is 3. The number of carbonyl (C=O) groups is 1. The number of hydrogen-bond acceptors (Lipinski definition) is 5. The standard InChI is InChI=1S/C25H23N5O.ClH/c1-17-13-24(30-12-9-19(16-30)18-5-3-2-4-6-18)21-14-20(7-8-22(21)28-17)29-25(31)23-15-26-10-11-27-23;/h2-8,10-11,13-15,19H,9,12,16H2,1H3,(H,29,31);1H. The number of benzene rings is 2. The molecule has 1 saturated heterocycles. The Balaban J connectivity index is 0.00000245. The molecule has 4 aromatic rings. The molecule has 2 aromatic carbocycles. The average molecular weight is 446 g/mol. The van der Waals surface area contributed by atoms with Crippen molar-refractivity contribution in [3.8, 4) is 0 Å². The van der Waals surface area contributed by atoms with Gasteiger partial charge in [-0.2, -0.15) is 0 Å². The summed E-state index contributed by atoms with van der Waals surface area (Å²) in [5.41, 5.74) is 5.47. The van der Waals surface area contributed by atoms with Gasteiger partial charge in [-0.05, 0) is 43.2 Å². The summed E-state index contributed by atoms with van der Waals surface area (Å²) in [6, 6.07) is 18.7. The molecule has 5 rings (SSSR count). The van der Waals surface area contributed by atoms with Gasteiger partial charge < -0.3 is 10.2 Å². The highest BCUT2D eigenvalue weighted by Gasteiger charge is 2.25. The highest BCUT2D eigenvalue weighted by Crippen LogP contribution is 2.35. The summed E-state index contributed by atoms with van der Waals surface area (Å²) in [6.45, 7) is 3.99. The van der Waals surface area contributed by atoms with E-state index in [4.69, 9.17) is 4.98 Å². The summed E-state index contributed by atoms with van der Waals surface area (Å²) in [5, 5.41) is 3.97. The minimum Gasteiger partial charge on any atom is -0.370 e. The molecule has 0 aliphatic carbocycles. The second kappa shape index (κ2) is 9.32. The van der Waals surface area contributed by atoms with Gasteiger partial charge in [0.2, 0.25) is 0 Å². The van der Waals surface area contributed by atoms with E-state index in [-0.39, 0.29) is 24.0 Å². The maximum atomic E-state index is 12.5. The minimum absolute atomic E-state index is 0. The number of nitrogens with one attached hydrogen (secondary N) is 1. The van der Waals surface area contributed by atoms with Crippen molar-refractivity contribution in [2.75, 3.05) is 23.3 Å². The van der Waals surface area contributed by atoms with Crippen LogP contribution in [0.5, 0.6) is 0 Å². The van der Waals surface area contributed by atoms with Crippen molar-refractivity contribution >= 4 is 40.6 Å². The Bertz CT molecular complexity index is 1230. The molecule has 2 aromatic heterocycles. The van der Waals surface area contributed by atoms with Crippen LogP contribution >= 0.6 is 12.4 Å².